The van der Waals surface area contributed by atoms with Crippen LogP contribution >= 0.6 is 11.6 Å². The summed E-state index contributed by atoms with van der Waals surface area (Å²) in [7, 11) is 0. The highest BCUT2D eigenvalue weighted by atomic mass is 35.5. The molecule has 1 aromatic rings. The van der Waals surface area contributed by atoms with Crippen LogP contribution in [0.25, 0.3) is 0 Å². The molecule has 0 aliphatic carbocycles. The summed E-state index contributed by atoms with van der Waals surface area (Å²) >= 11 is 5.78. The molecule has 0 aliphatic heterocycles. The minimum Gasteiger partial charge on any atom is -0.355 e. The average molecular weight is 214 g/mol. The molecule has 14 heavy (non-hydrogen) atoms. The molecule has 0 aliphatic rings. The Morgan fingerprint density at radius 3 is 2.64 bits per heavy atom. The molecule has 0 amide bonds. The molecule has 0 saturated carbocycles. The zero-order valence-corrected chi connectivity index (χ0v) is 9.62. The van der Waals surface area contributed by atoms with Crippen LogP contribution in [-0.2, 0) is 0 Å². The first-order valence-electron chi connectivity index (χ1n) is 4.86. The number of hydrogen-bond acceptors (Lipinski definition) is 3. The lowest BCUT2D eigenvalue weighted by Gasteiger charge is -2.23. The molecule has 0 aromatic carbocycles. The summed E-state index contributed by atoms with van der Waals surface area (Å²) in [4.78, 5) is 10.4. The number of hydrogen-bond donors (Lipinski definition) is 0. The summed E-state index contributed by atoms with van der Waals surface area (Å²) in [6.45, 7) is 8.37. The van der Waals surface area contributed by atoms with Gasteiger partial charge in [0.05, 0.1) is 12.4 Å². The standard InChI is InChI=1S/C10H16ClN3/c1-4-14(7-8(2)3)10-6-12-5-9(11)13-10/h5-6,8H,4,7H2,1-3H3. The fraction of sp³-hybridized carbons (Fsp3) is 0.600. The van der Waals surface area contributed by atoms with Crippen molar-refractivity contribution in [2.45, 2.75) is 20.8 Å². The SMILES string of the molecule is CCN(CC(C)C)c1cncc(Cl)n1. The first-order valence-corrected chi connectivity index (χ1v) is 5.23. The van der Waals surface area contributed by atoms with Gasteiger partial charge in [0.15, 0.2) is 0 Å². The van der Waals surface area contributed by atoms with Crippen molar-refractivity contribution in [3.8, 4) is 0 Å². The second-order valence-corrected chi connectivity index (χ2v) is 4.02. The summed E-state index contributed by atoms with van der Waals surface area (Å²) in [5.41, 5.74) is 0. The predicted molar refractivity (Wildman–Crippen MR) is 59.8 cm³/mol. The van der Waals surface area contributed by atoms with E-state index in [1.807, 2.05) is 0 Å². The molecule has 1 heterocycles. The van der Waals surface area contributed by atoms with Gasteiger partial charge in [-0.05, 0) is 12.8 Å². The number of halogens is 1. The van der Waals surface area contributed by atoms with Gasteiger partial charge in [0.1, 0.15) is 11.0 Å². The lowest BCUT2D eigenvalue weighted by atomic mass is 10.2. The predicted octanol–water partition coefficient (Wildman–Crippen LogP) is 2.61. The van der Waals surface area contributed by atoms with Gasteiger partial charge >= 0.3 is 0 Å². The molecule has 0 saturated heterocycles. The summed E-state index contributed by atoms with van der Waals surface area (Å²) in [5.74, 6) is 1.46. The lowest BCUT2D eigenvalue weighted by molar-refractivity contribution is 0.614. The molecule has 78 valence electrons. The minimum absolute atomic E-state index is 0.449. The molecular formula is C10H16ClN3. The van der Waals surface area contributed by atoms with E-state index in [9.17, 15) is 0 Å². The molecule has 0 N–H and O–H groups in total. The first-order chi connectivity index (χ1) is 6.63. The maximum Gasteiger partial charge on any atom is 0.149 e. The van der Waals surface area contributed by atoms with E-state index < -0.39 is 0 Å². The van der Waals surface area contributed by atoms with E-state index in [1.165, 1.54) is 0 Å². The van der Waals surface area contributed by atoms with Crippen molar-refractivity contribution in [3.63, 3.8) is 0 Å². The van der Waals surface area contributed by atoms with Crippen LogP contribution in [0.4, 0.5) is 5.82 Å². The maximum absolute atomic E-state index is 5.78. The second-order valence-electron chi connectivity index (χ2n) is 3.63. The van der Waals surface area contributed by atoms with Crippen molar-refractivity contribution in [3.05, 3.63) is 17.5 Å². The average Bonchev–Trinajstić information content (AvgIpc) is 2.14. The second kappa shape index (κ2) is 5.15. The minimum atomic E-state index is 0.449. The van der Waals surface area contributed by atoms with Crippen LogP contribution in [-0.4, -0.2) is 23.1 Å². The van der Waals surface area contributed by atoms with E-state index in [1.54, 1.807) is 12.4 Å². The molecule has 0 atom stereocenters. The van der Waals surface area contributed by atoms with E-state index >= 15 is 0 Å². The fourth-order valence-corrected chi connectivity index (χ4v) is 1.45. The fourth-order valence-electron chi connectivity index (χ4n) is 1.31. The molecule has 1 rings (SSSR count). The van der Waals surface area contributed by atoms with Crippen molar-refractivity contribution in [1.29, 1.82) is 0 Å². The highest BCUT2D eigenvalue weighted by molar-refractivity contribution is 6.29. The summed E-state index contributed by atoms with van der Waals surface area (Å²) in [5, 5.41) is 0.449. The molecular weight excluding hydrogens is 198 g/mol. The molecule has 0 fully saturated rings. The van der Waals surface area contributed by atoms with Crippen LogP contribution in [0.15, 0.2) is 12.4 Å². The van der Waals surface area contributed by atoms with Gasteiger partial charge in [-0.15, -0.1) is 0 Å². The zero-order valence-electron chi connectivity index (χ0n) is 8.87. The Labute approximate surface area is 90.1 Å². The van der Waals surface area contributed by atoms with Gasteiger partial charge in [0.25, 0.3) is 0 Å². The third-order valence-corrected chi connectivity index (χ3v) is 2.07. The van der Waals surface area contributed by atoms with Gasteiger partial charge in [-0.2, -0.15) is 0 Å². The Hall–Kier alpha value is -0.830. The number of anilines is 1. The Morgan fingerprint density at radius 1 is 1.43 bits per heavy atom. The van der Waals surface area contributed by atoms with Crippen molar-refractivity contribution < 1.29 is 0 Å². The van der Waals surface area contributed by atoms with E-state index in [0.717, 1.165) is 18.9 Å². The smallest absolute Gasteiger partial charge is 0.149 e. The Balaban J connectivity index is 2.78. The highest BCUT2D eigenvalue weighted by Gasteiger charge is 2.08. The summed E-state index contributed by atoms with van der Waals surface area (Å²) < 4.78 is 0. The molecule has 0 unspecified atom stereocenters. The van der Waals surface area contributed by atoms with Crippen LogP contribution < -0.4 is 4.90 Å². The Kier molecular flexibility index (Phi) is 4.14. The third kappa shape index (κ3) is 3.14. The number of rotatable bonds is 4. The van der Waals surface area contributed by atoms with E-state index in [-0.39, 0.29) is 0 Å². The zero-order chi connectivity index (χ0) is 10.6. The van der Waals surface area contributed by atoms with Crippen LogP contribution in [0.2, 0.25) is 5.15 Å². The molecule has 4 heteroatoms. The van der Waals surface area contributed by atoms with Crippen LogP contribution in [0.5, 0.6) is 0 Å². The summed E-state index contributed by atoms with van der Waals surface area (Å²) in [6.07, 6.45) is 3.30. The van der Waals surface area contributed by atoms with Crippen LogP contribution in [0.3, 0.4) is 0 Å². The Morgan fingerprint density at radius 2 is 2.14 bits per heavy atom. The maximum atomic E-state index is 5.78. The van der Waals surface area contributed by atoms with Gasteiger partial charge in [-0.25, -0.2) is 4.98 Å². The number of nitrogens with zero attached hydrogens (tertiary/aromatic N) is 3. The van der Waals surface area contributed by atoms with E-state index in [2.05, 4.69) is 35.6 Å². The third-order valence-electron chi connectivity index (χ3n) is 1.88. The van der Waals surface area contributed by atoms with Gasteiger partial charge in [-0.3, -0.25) is 4.98 Å². The Bertz CT molecular complexity index is 288. The molecule has 0 radical (unpaired) electrons. The van der Waals surface area contributed by atoms with E-state index in [4.69, 9.17) is 11.6 Å². The molecule has 1 aromatic heterocycles. The van der Waals surface area contributed by atoms with Crippen molar-refractivity contribution in [1.82, 2.24) is 9.97 Å². The lowest BCUT2D eigenvalue weighted by Crippen LogP contribution is -2.28. The van der Waals surface area contributed by atoms with Crippen molar-refractivity contribution in [2.24, 2.45) is 5.92 Å². The summed E-state index contributed by atoms with van der Waals surface area (Å²) in [6, 6.07) is 0. The quantitative estimate of drug-likeness (QED) is 0.770. The van der Waals surface area contributed by atoms with Gasteiger partial charge in [0.2, 0.25) is 0 Å². The highest BCUT2D eigenvalue weighted by Crippen LogP contribution is 2.13. The van der Waals surface area contributed by atoms with Gasteiger partial charge in [-0.1, -0.05) is 25.4 Å². The van der Waals surface area contributed by atoms with Crippen LogP contribution in [0, 0.1) is 5.92 Å². The largest absolute Gasteiger partial charge is 0.355 e. The van der Waals surface area contributed by atoms with Gasteiger partial charge in [0, 0.05) is 13.1 Å². The van der Waals surface area contributed by atoms with Crippen LogP contribution in [0.1, 0.15) is 20.8 Å². The number of aromatic nitrogens is 2. The first kappa shape index (κ1) is 11.2. The molecule has 0 bridgehead atoms. The molecule has 0 spiro atoms. The molecule has 3 nitrogen and oxygen atoms in total. The van der Waals surface area contributed by atoms with E-state index in [0.29, 0.717) is 11.1 Å². The normalized spacial score (nSPS) is 10.6. The van der Waals surface area contributed by atoms with Gasteiger partial charge < -0.3 is 4.90 Å². The van der Waals surface area contributed by atoms with Crippen molar-refractivity contribution in [2.75, 3.05) is 18.0 Å². The van der Waals surface area contributed by atoms with Crippen molar-refractivity contribution >= 4 is 17.4 Å². The topological polar surface area (TPSA) is 29.0 Å². The monoisotopic (exact) mass is 213 g/mol.